The SMILES string of the molecule is CC1=CCC(COCCNC(c2ccccc2)C(NS(=O)(=O)c2c(C(C)C)cc(C(C)C)cc2C(C)C)c2ccccc2)=CC1. The maximum atomic E-state index is 14.7. The molecule has 0 heterocycles. The van der Waals surface area contributed by atoms with Crippen LogP contribution in [-0.2, 0) is 14.8 Å². The van der Waals surface area contributed by atoms with Crippen LogP contribution in [0.15, 0.2) is 101 Å². The maximum Gasteiger partial charge on any atom is 0.241 e. The van der Waals surface area contributed by atoms with Crippen molar-refractivity contribution in [2.24, 2.45) is 0 Å². The quantitative estimate of drug-likeness (QED) is 0.130. The van der Waals surface area contributed by atoms with Crippen LogP contribution < -0.4 is 10.0 Å². The molecule has 242 valence electrons. The van der Waals surface area contributed by atoms with Crippen molar-refractivity contribution in [1.82, 2.24) is 10.0 Å². The summed E-state index contributed by atoms with van der Waals surface area (Å²) in [5, 5.41) is 3.67. The van der Waals surface area contributed by atoms with E-state index in [0.717, 1.165) is 35.1 Å². The lowest BCUT2D eigenvalue weighted by molar-refractivity contribution is 0.152. The highest BCUT2D eigenvalue weighted by atomic mass is 32.2. The minimum atomic E-state index is -3.94. The fourth-order valence-electron chi connectivity index (χ4n) is 5.89. The van der Waals surface area contributed by atoms with Crippen LogP contribution in [-0.4, -0.2) is 28.2 Å². The van der Waals surface area contributed by atoms with Crippen LogP contribution in [0.25, 0.3) is 0 Å². The Morgan fingerprint density at radius 1 is 0.711 bits per heavy atom. The third-order valence-electron chi connectivity index (χ3n) is 8.60. The number of ether oxygens (including phenoxy) is 1. The van der Waals surface area contributed by atoms with E-state index in [9.17, 15) is 8.42 Å². The van der Waals surface area contributed by atoms with Crippen molar-refractivity contribution in [3.63, 3.8) is 0 Å². The first-order valence-electron chi connectivity index (χ1n) is 16.4. The Hall–Kier alpha value is -3.03. The molecular formula is C39H52N2O3S. The third-order valence-corrected chi connectivity index (χ3v) is 10.2. The van der Waals surface area contributed by atoms with E-state index in [0.29, 0.717) is 30.6 Å². The molecule has 3 aromatic carbocycles. The van der Waals surface area contributed by atoms with Crippen LogP contribution in [0.4, 0.5) is 0 Å². The summed E-state index contributed by atoms with van der Waals surface area (Å²) in [6.45, 7) is 16.5. The van der Waals surface area contributed by atoms with Crippen LogP contribution >= 0.6 is 0 Å². The number of nitrogens with one attached hydrogen (secondary N) is 2. The summed E-state index contributed by atoms with van der Waals surface area (Å²) in [4.78, 5) is 0.415. The number of benzene rings is 3. The summed E-state index contributed by atoms with van der Waals surface area (Å²) in [6, 6.07) is 23.3. The number of hydrogen-bond donors (Lipinski definition) is 2. The van der Waals surface area contributed by atoms with Crippen LogP contribution in [0.5, 0.6) is 0 Å². The van der Waals surface area contributed by atoms with Gasteiger partial charge in [-0.15, -0.1) is 0 Å². The largest absolute Gasteiger partial charge is 0.376 e. The van der Waals surface area contributed by atoms with Gasteiger partial charge in [0.15, 0.2) is 0 Å². The monoisotopic (exact) mass is 628 g/mol. The van der Waals surface area contributed by atoms with Gasteiger partial charge in [0.05, 0.1) is 30.2 Å². The molecule has 1 aliphatic carbocycles. The topological polar surface area (TPSA) is 67.4 Å². The fraction of sp³-hybridized carbons (Fsp3) is 0.436. The highest BCUT2D eigenvalue weighted by molar-refractivity contribution is 7.89. The smallest absolute Gasteiger partial charge is 0.241 e. The van der Waals surface area contributed by atoms with E-state index in [1.54, 1.807) is 0 Å². The zero-order chi connectivity index (χ0) is 32.6. The van der Waals surface area contributed by atoms with Crippen LogP contribution in [0.3, 0.4) is 0 Å². The number of sulfonamides is 1. The van der Waals surface area contributed by atoms with Gasteiger partial charge in [-0.25, -0.2) is 13.1 Å². The maximum absolute atomic E-state index is 14.7. The molecule has 2 atom stereocenters. The Morgan fingerprint density at radius 2 is 1.27 bits per heavy atom. The highest BCUT2D eigenvalue weighted by Crippen LogP contribution is 2.37. The molecule has 0 saturated heterocycles. The second-order valence-corrected chi connectivity index (χ2v) is 14.9. The summed E-state index contributed by atoms with van der Waals surface area (Å²) in [5.74, 6) is 0.384. The van der Waals surface area contributed by atoms with Crippen molar-refractivity contribution in [3.8, 4) is 0 Å². The average Bonchev–Trinajstić information content (AvgIpc) is 3.02. The molecule has 1 aliphatic rings. The first-order valence-corrected chi connectivity index (χ1v) is 17.9. The lowest BCUT2D eigenvalue weighted by Crippen LogP contribution is -2.40. The normalized spacial score (nSPS) is 15.3. The molecule has 4 rings (SSSR count). The van der Waals surface area contributed by atoms with Gasteiger partial charge in [0.1, 0.15) is 0 Å². The highest BCUT2D eigenvalue weighted by Gasteiger charge is 2.33. The van der Waals surface area contributed by atoms with Gasteiger partial charge in [-0.05, 0) is 70.9 Å². The molecule has 0 saturated carbocycles. The zero-order valence-electron chi connectivity index (χ0n) is 28.1. The van der Waals surface area contributed by atoms with E-state index >= 15 is 0 Å². The number of allylic oxidation sites excluding steroid dienone is 3. The van der Waals surface area contributed by atoms with Gasteiger partial charge in [0.2, 0.25) is 10.0 Å². The lowest BCUT2D eigenvalue weighted by Gasteiger charge is -2.31. The molecule has 6 heteroatoms. The second-order valence-electron chi connectivity index (χ2n) is 13.2. The third kappa shape index (κ3) is 9.26. The van der Waals surface area contributed by atoms with Crippen molar-refractivity contribution in [2.75, 3.05) is 19.8 Å². The van der Waals surface area contributed by atoms with Crippen molar-refractivity contribution in [1.29, 1.82) is 0 Å². The Morgan fingerprint density at radius 3 is 1.76 bits per heavy atom. The van der Waals surface area contributed by atoms with Crippen molar-refractivity contribution in [3.05, 3.63) is 124 Å². The zero-order valence-corrected chi connectivity index (χ0v) is 29.0. The van der Waals surface area contributed by atoms with Crippen molar-refractivity contribution in [2.45, 2.75) is 96.0 Å². The summed E-state index contributed by atoms with van der Waals surface area (Å²) in [5.41, 5.74) is 7.51. The first kappa shape index (κ1) is 34.8. The summed E-state index contributed by atoms with van der Waals surface area (Å²) in [7, 11) is -3.94. The molecule has 2 N–H and O–H groups in total. The van der Waals surface area contributed by atoms with Gasteiger partial charge < -0.3 is 10.1 Å². The van der Waals surface area contributed by atoms with Gasteiger partial charge in [-0.3, -0.25) is 0 Å². The van der Waals surface area contributed by atoms with E-state index in [1.807, 2.05) is 48.5 Å². The summed E-state index contributed by atoms with van der Waals surface area (Å²) in [6.07, 6.45) is 6.47. The summed E-state index contributed by atoms with van der Waals surface area (Å²) >= 11 is 0. The van der Waals surface area contributed by atoms with Crippen molar-refractivity contribution < 1.29 is 13.2 Å². The van der Waals surface area contributed by atoms with Crippen LogP contribution in [0, 0.1) is 0 Å². The van der Waals surface area contributed by atoms with Gasteiger partial charge in [0.25, 0.3) is 0 Å². The molecular weight excluding hydrogens is 577 g/mol. The Balaban J connectivity index is 1.69. The molecule has 3 aromatic rings. The molecule has 2 unspecified atom stereocenters. The first-order chi connectivity index (χ1) is 21.5. The fourth-order valence-corrected chi connectivity index (χ4v) is 7.82. The Bertz CT molecular complexity index is 1530. The van der Waals surface area contributed by atoms with E-state index in [4.69, 9.17) is 4.74 Å². The molecule has 0 aromatic heterocycles. The van der Waals surface area contributed by atoms with Crippen LogP contribution in [0.1, 0.15) is 119 Å². The van der Waals surface area contributed by atoms with E-state index in [1.165, 1.54) is 16.7 Å². The van der Waals surface area contributed by atoms with Crippen LogP contribution in [0.2, 0.25) is 0 Å². The minimum Gasteiger partial charge on any atom is -0.376 e. The molecule has 0 bridgehead atoms. The van der Waals surface area contributed by atoms with Gasteiger partial charge in [-0.1, -0.05) is 132 Å². The standard InChI is InChI=1S/C39H52N2O3S/c1-27(2)34-24-35(28(3)4)39(36(25-34)29(5)6)45(42,43)41-38(33-16-12-9-13-17-33)37(32-14-10-8-11-15-32)40-22-23-44-26-31-20-18-30(7)19-21-31/h8-18,21,24-25,27-29,37-38,40-41H,19-20,22-23,26H2,1-7H3. The van der Waals surface area contributed by atoms with E-state index in [2.05, 4.69) is 94.9 Å². The number of rotatable bonds is 15. The molecule has 0 amide bonds. The molecule has 0 spiro atoms. The summed E-state index contributed by atoms with van der Waals surface area (Å²) < 4.78 is 38.6. The van der Waals surface area contributed by atoms with Crippen molar-refractivity contribution >= 4 is 10.0 Å². The predicted octanol–water partition coefficient (Wildman–Crippen LogP) is 9.09. The molecule has 0 aliphatic heterocycles. The van der Waals surface area contributed by atoms with E-state index < -0.39 is 16.1 Å². The molecule has 45 heavy (non-hydrogen) atoms. The minimum absolute atomic E-state index is 0.0434. The lowest BCUT2D eigenvalue weighted by atomic mass is 9.89. The van der Waals surface area contributed by atoms with Gasteiger partial charge in [-0.2, -0.15) is 0 Å². The second kappa shape index (κ2) is 16.0. The van der Waals surface area contributed by atoms with Gasteiger partial charge in [0, 0.05) is 6.54 Å². The molecule has 0 radical (unpaired) electrons. The van der Waals surface area contributed by atoms with Gasteiger partial charge >= 0.3 is 0 Å². The average molecular weight is 629 g/mol. The predicted molar refractivity (Wildman–Crippen MR) is 187 cm³/mol. The Kier molecular flexibility index (Phi) is 12.4. The Labute approximate surface area is 272 Å². The molecule has 0 fully saturated rings. The van der Waals surface area contributed by atoms with E-state index in [-0.39, 0.29) is 17.9 Å². The molecule has 5 nitrogen and oxygen atoms in total. The number of hydrogen-bond acceptors (Lipinski definition) is 4.